The van der Waals surface area contributed by atoms with Crippen LogP contribution in [-0.4, -0.2) is 28.0 Å². The molecule has 0 unspecified atom stereocenters. The summed E-state index contributed by atoms with van der Waals surface area (Å²) in [5, 5.41) is 11.1. The molecule has 4 aromatic rings. The molecule has 0 aliphatic rings. The molecule has 0 aliphatic heterocycles. The van der Waals surface area contributed by atoms with Gasteiger partial charge in [-0.25, -0.2) is 4.68 Å². The van der Waals surface area contributed by atoms with Gasteiger partial charge in [0.2, 0.25) is 0 Å². The van der Waals surface area contributed by atoms with E-state index in [4.69, 9.17) is 16.3 Å². The van der Waals surface area contributed by atoms with Gasteiger partial charge >= 0.3 is 0 Å². The minimum absolute atomic E-state index is 0.183. The van der Waals surface area contributed by atoms with Crippen molar-refractivity contribution in [1.29, 1.82) is 0 Å². The maximum Gasteiger partial charge on any atom is 0.261 e. The molecule has 0 bridgehead atoms. The van der Waals surface area contributed by atoms with Crippen molar-refractivity contribution in [2.75, 3.05) is 7.11 Å². The van der Waals surface area contributed by atoms with E-state index in [1.165, 1.54) is 11.3 Å². The maximum atomic E-state index is 12.1. The van der Waals surface area contributed by atoms with Crippen LogP contribution in [-0.2, 0) is 6.54 Å². The van der Waals surface area contributed by atoms with Gasteiger partial charge in [0, 0.05) is 5.56 Å². The number of aromatic nitrogens is 3. The van der Waals surface area contributed by atoms with Crippen LogP contribution in [0.3, 0.4) is 0 Å². The summed E-state index contributed by atoms with van der Waals surface area (Å²) in [5.74, 6) is 0.642. The Labute approximate surface area is 176 Å². The second-order valence-corrected chi connectivity index (χ2v) is 7.90. The van der Waals surface area contributed by atoms with Crippen molar-refractivity contribution in [3.05, 3.63) is 81.8 Å². The zero-order chi connectivity index (χ0) is 20.2. The van der Waals surface area contributed by atoms with E-state index in [0.29, 0.717) is 14.9 Å². The predicted octanol–water partition coefficient (Wildman–Crippen LogP) is 4.59. The number of carbonyl (C=O) groups excluding carboxylic acids is 1. The highest BCUT2D eigenvalue weighted by Gasteiger charge is 2.10. The number of thiophene rings is 1. The first-order chi connectivity index (χ1) is 14.1. The third kappa shape index (κ3) is 4.31. The molecular formula is C21H17ClN4O2S. The number of nitrogens with zero attached hydrogens (tertiary/aromatic N) is 3. The topological polar surface area (TPSA) is 69.0 Å². The predicted molar refractivity (Wildman–Crippen MR) is 114 cm³/mol. The van der Waals surface area contributed by atoms with Crippen molar-refractivity contribution in [3.8, 4) is 22.6 Å². The molecule has 0 aliphatic carbocycles. The number of rotatable bonds is 6. The third-order valence-electron chi connectivity index (χ3n) is 4.32. The summed E-state index contributed by atoms with van der Waals surface area (Å²) in [6, 6.07) is 19.2. The monoisotopic (exact) mass is 424 g/mol. The number of hydrogen-bond acceptors (Lipinski definition) is 5. The van der Waals surface area contributed by atoms with Gasteiger partial charge in [-0.05, 0) is 35.9 Å². The highest BCUT2D eigenvalue weighted by Crippen LogP contribution is 2.30. The van der Waals surface area contributed by atoms with Crippen LogP contribution in [0.1, 0.15) is 15.4 Å². The SMILES string of the molecule is COc1ccccc1-c1ccc(-n2cc(CNC(=O)c3ccc(Cl)s3)nn2)cc1. The molecule has 146 valence electrons. The standard InChI is InChI=1S/C21H17ClN4O2S/c1-28-18-5-3-2-4-17(18)14-6-8-16(9-7-14)26-13-15(24-25-26)12-23-21(27)19-10-11-20(22)29-19/h2-11,13H,12H2,1H3,(H,23,27). The van der Waals surface area contributed by atoms with E-state index < -0.39 is 0 Å². The Balaban J connectivity index is 1.44. The normalized spacial score (nSPS) is 10.7. The van der Waals surface area contributed by atoms with Crippen molar-refractivity contribution in [3.63, 3.8) is 0 Å². The zero-order valence-corrected chi connectivity index (χ0v) is 17.1. The average molecular weight is 425 g/mol. The van der Waals surface area contributed by atoms with Gasteiger partial charge in [0.05, 0.1) is 34.8 Å². The molecular weight excluding hydrogens is 408 g/mol. The van der Waals surface area contributed by atoms with Crippen molar-refractivity contribution in [2.45, 2.75) is 6.54 Å². The zero-order valence-electron chi connectivity index (χ0n) is 15.5. The minimum atomic E-state index is -0.183. The molecule has 1 N–H and O–H groups in total. The van der Waals surface area contributed by atoms with E-state index in [1.54, 1.807) is 30.1 Å². The van der Waals surface area contributed by atoms with Gasteiger partial charge in [-0.3, -0.25) is 4.79 Å². The molecule has 0 saturated carbocycles. The summed E-state index contributed by atoms with van der Waals surface area (Å²) >= 11 is 7.10. The minimum Gasteiger partial charge on any atom is -0.496 e. The molecule has 0 atom stereocenters. The molecule has 8 heteroatoms. The van der Waals surface area contributed by atoms with E-state index in [2.05, 4.69) is 15.6 Å². The number of ether oxygens (including phenoxy) is 1. The summed E-state index contributed by atoms with van der Waals surface area (Å²) in [5.41, 5.74) is 3.61. The van der Waals surface area contributed by atoms with Crippen LogP contribution in [0.5, 0.6) is 5.75 Å². The highest BCUT2D eigenvalue weighted by molar-refractivity contribution is 7.17. The number of halogens is 1. The molecule has 0 fully saturated rings. The number of methoxy groups -OCH3 is 1. The molecule has 0 radical (unpaired) electrons. The van der Waals surface area contributed by atoms with Gasteiger partial charge in [0.15, 0.2) is 0 Å². The Kier molecular flexibility index (Phi) is 5.59. The lowest BCUT2D eigenvalue weighted by molar-refractivity contribution is 0.0954. The van der Waals surface area contributed by atoms with Crippen LogP contribution in [0.25, 0.3) is 16.8 Å². The van der Waals surface area contributed by atoms with Gasteiger partial charge < -0.3 is 10.1 Å². The van der Waals surface area contributed by atoms with Crippen LogP contribution < -0.4 is 10.1 Å². The number of hydrogen-bond donors (Lipinski definition) is 1. The summed E-state index contributed by atoms with van der Waals surface area (Å²) < 4.78 is 7.69. The fraction of sp³-hybridized carbons (Fsp3) is 0.0952. The van der Waals surface area contributed by atoms with Gasteiger partial charge in [-0.15, -0.1) is 16.4 Å². The number of para-hydroxylation sites is 1. The van der Waals surface area contributed by atoms with E-state index >= 15 is 0 Å². The van der Waals surface area contributed by atoms with Crippen LogP contribution in [0.2, 0.25) is 4.34 Å². The van der Waals surface area contributed by atoms with Crippen LogP contribution in [0.4, 0.5) is 0 Å². The summed E-state index contributed by atoms with van der Waals surface area (Å²) in [4.78, 5) is 12.7. The molecule has 2 aromatic heterocycles. The van der Waals surface area contributed by atoms with Crippen molar-refractivity contribution in [1.82, 2.24) is 20.3 Å². The molecule has 29 heavy (non-hydrogen) atoms. The second kappa shape index (κ2) is 8.46. The van der Waals surface area contributed by atoms with Gasteiger partial charge in [0.1, 0.15) is 11.4 Å². The molecule has 6 nitrogen and oxygen atoms in total. The molecule has 4 rings (SSSR count). The van der Waals surface area contributed by atoms with E-state index in [-0.39, 0.29) is 12.5 Å². The molecule has 2 heterocycles. The van der Waals surface area contributed by atoms with E-state index in [9.17, 15) is 4.79 Å². The number of nitrogens with one attached hydrogen (secondary N) is 1. The fourth-order valence-corrected chi connectivity index (χ4v) is 3.84. The first kappa shape index (κ1) is 19.2. The van der Waals surface area contributed by atoms with Crippen molar-refractivity contribution in [2.24, 2.45) is 0 Å². The molecule has 0 saturated heterocycles. The smallest absolute Gasteiger partial charge is 0.261 e. The highest BCUT2D eigenvalue weighted by atomic mass is 35.5. The Morgan fingerprint density at radius 2 is 1.93 bits per heavy atom. The number of amides is 1. The van der Waals surface area contributed by atoms with E-state index in [1.807, 2.05) is 48.5 Å². The lowest BCUT2D eigenvalue weighted by atomic mass is 10.0. The number of carbonyl (C=O) groups is 1. The van der Waals surface area contributed by atoms with Crippen molar-refractivity contribution >= 4 is 28.8 Å². The Hall–Kier alpha value is -3.16. The summed E-state index contributed by atoms with van der Waals surface area (Å²) in [6.45, 7) is 0.285. The van der Waals surface area contributed by atoms with E-state index in [0.717, 1.165) is 22.6 Å². The lowest BCUT2D eigenvalue weighted by Gasteiger charge is -2.09. The molecule has 0 spiro atoms. The molecule has 1 amide bonds. The third-order valence-corrected chi connectivity index (χ3v) is 5.55. The van der Waals surface area contributed by atoms with Crippen LogP contribution >= 0.6 is 22.9 Å². The first-order valence-electron chi connectivity index (χ1n) is 8.82. The summed E-state index contributed by atoms with van der Waals surface area (Å²) in [6.07, 6.45) is 1.79. The quantitative estimate of drug-likeness (QED) is 0.491. The lowest BCUT2D eigenvalue weighted by Crippen LogP contribution is -2.21. The van der Waals surface area contributed by atoms with Gasteiger partial charge in [-0.2, -0.15) is 0 Å². The Morgan fingerprint density at radius 1 is 1.14 bits per heavy atom. The van der Waals surface area contributed by atoms with Crippen LogP contribution in [0.15, 0.2) is 66.9 Å². The first-order valence-corrected chi connectivity index (χ1v) is 10.0. The molecule has 2 aromatic carbocycles. The van der Waals surface area contributed by atoms with Gasteiger partial charge in [0.25, 0.3) is 5.91 Å². The Bertz CT molecular complexity index is 1140. The summed E-state index contributed by atoms with van der Waals surface area (Å²) in [7, 11) is 1.66. The largest absolute Gasteiger partial charge is 0.496 e. The Morgan fingerprint density at radius 3 is 2.66 bits per heavy atom. The average Bonchev–Trinajstić information content (AvgIpc) is 3.41. The number of benzene rings is 2. The van der Waals surface area contributed by atoms with Crippen molar-refractivity contribution < 1.29 is 9.53 Å². The maximum absolute atomic E-state index is 12.1. The van der Waals surface area contributed by atoms with Crippen LogP contribution in [0, 0.1) is 0 Å². The second-order valence-electron chi connectivity index (χ2n) is 6.19. The fourth-order valence-electron chi connectivity index (χ4n) is 2.88. The van der Waals surface area contributed by atoms with Gasteiger partial charge in [-0.1, -0.05) is 47.1 Å².